The van der Waals surface area contributed by atoms with E-state index in [2.05, 4.69) is 10.6 Å². The number of nitrogens with zero attached hydrogens (tertiary/aromatic N) is 1. The van der Waals surface area contributed by atoms with Crippen LogP contribution in [0.3, 0.4) is 0 Å². The number of nitrogens with one attached hydrogen (secondary N) is 2. The van der Waals surface area contributed by atoms with Crippen molar-refractivity contribution in [3.63, 3.8) is 0 Å². The summed E-state index contributed by atoms with van der Waals surface area (Å²) in [7, 11) is 0. The Morgan fingerprint density at radius 2 is 1.74 bits per heavy atom. The summed E-state index contributed by atoms with van der Waals surface area (Å²) >= 11 is 0. The number of rotatable bonds is 11. The lowest BCUT2D eigenvalue weighted by atomic mass is 9.99. The first-order valence-corrected chi connectivity index (χ1v) is 11.4. The number of fused-ring (bicyclic) bond motifs is 1. The highest BCUT2D eigenvalue weighted by Crippen LogP contribution is 2.20. The molecule has 0 bridgehead atoms. The number of hydrogen-bond donors (Lipinski definition) is 4. The molecule has 2 aromatic carbocycles. The summed E-state index contributed by atoms with van der Waals surface area (Å²) in [4.78, 5) is 50.3. The highest BCUT2D eigenvalue weighted by Gasteiger charge is 2.42. The molecule has 0 aliphatic carbocycles. The summed E-state index contributed by atoms with van der Waals surface area (Å²) in [5.41, 5.74) is -1.75. The van der Waals surface area contributed by atoms with Crippen LogP contribution in [-0.4, -0.2) is 70.5 Å². The van der Waals surface area contributed by atoms with E-state index >= 15 is 0 Å². The average molecular weight is 488 g/mol. The van der Waals surface area contributed by atoms with Crippen molar-refractivity contribution in [2.24, 2.45) is 5.92 Å². The van der Waals surface area contributed by atoms with Gasteiger partial charge in [0.2, 0.25) is 5.91 Å². The van der Waals surface area contributed by atoms with Crippen LogP contribution in [0.25, 0.3) is 10.8 Å². The molecule has 2 rings (SSSR count). The minimum atomic E-state index is -2.50. The first-order chi connectivity index (χ1) is 16.5. The molecule has 2 aromatic rings. The molecule has 0 aliphatic rings. The summed E-state index contributed by atoms with van der Waals surface area (Å²) < 4.78 is 4.88. The zero-order valence-corrected chi connectivity index (χ0v) is 20.4. The van der Waals surface area contributed by atoms with Crippen molar-refractivity contribution in [3.8, 4) is 0 Å². The van der Waals surface area contributed by atoms with Gasteiger partial charge in [0.05, 0.1) is 13.2 Å². The third-order valence-corrected chi connectivity index (χ3v) is 5.19. The molecule has 35 heavy (non-hydrogen) atoms. The maximum absolute atomic E-state index is 13.2. The molecule has 0 fully saturated rings. The summed E-state index contributed by atoms with van der Waals surface area (Å²) in [6, 6.07) is 11.0. The first kappa shape index (κ1) is 27.6. The zero-order chi connectivity index (χ0) is 26.2. The molecule has 190 valence electrons. The van der Waals surface area contributed by atoms with Crippen molar-refractivity contribution in [2.45, 2.75) is 45.9 Å². The third kappa shape index (κ3) is 7.68. The average Bonchev–Trinajstić information content (AvgIpc) is 2.77. The Morgan fingerprint density at radius 3 is 2.34 bits per heavy atom. The number of benzene rings is 2. The predicted molar refractivity (Wildman–Crippen MR) is 129 cm³/mol. The van der Waals surface area contributed by atoms with Gasteiger partial charge in [0.1, 0.15) is 6.04 Å². The maximum Gasteiger partial charge on any atom is 0.361 e. The number of carboxylic acid groups (broad SMARTS) is 1. The number of amides is 3. The molecule has 2 atom stereocenters. The van der Waals surface area contributed by atoms with Crippen LogP contribution in [0, 0.1) is 5.92 Å². The summed E-state index contributed by atoms with van der Waals surface area (Å²) in [5, 5.41) is 27.1. The Kier molecular flexibility index (Phi) is 9.59. The number of aliphatic carboxylic acids is 1. The van der Waals surface area contributed by atoms with E-state index < -0.39 is 42.2 Å². The SMILES string of the molecule is CCOC(=O)C(O)(CN(CC(C)C)C(=O)N[C@@H](Cc1cccc2ccccc12)C(=O)O)NC(C)=O. The predicted octanol–water partition coefficient (Wildman–Crippen LogP) is 1.89. The fraction of sp³-hybridized carbons (Fsp3) is 0.440. The topological polar surface area (TPSA) is 145 Å². The van der Waals surface area contributed by atoms with Crippen molar-refractivity contribution in [3.05, 3.63) is 48.0 Å². The van der Waals surface area contributed by atoms with Gasteiger partial charge in [-0.15, -0.1) is 0 Å². The van der Waals surface area contributed by atoms with Crippen LogP contribution in [0.1, 0.15) is 33.3 Å². The highest BCUT2D eigenvalue weighted by molar-refractivity contribution is 5.89. The highest BCUT2D eigenvalue weighted by atomic mass is 16.6. The van der Waals surface area contributed by atoms with Crippen molar-refractivity contribution < 1.29 is 34.1 Å². The second-order valence-corrected chi connectivity index (χ2v) is 8.72. The molecule has 1 unspecified atom stereocenters. The number of aliphatic hydroxyl groups is 1. The van der Waals surface area contributed by atoms with Crippen LogP contribution in [0.5, 0.6) is 0 Å². The minimum Gasteiger partial charge on any atom is -0.480 e. The van der Waals surface area contributed by atoms with E-state index in [4.69, 9.17) is 4.74 Å². The molecule has 10 nitrogen and oxygen atoms in total. The zero-order valence-electron chi connectivity index (χ0n) is 20.4. The van der Waals surface area contributed by atoms with Crippen molar-refractivity contribution >= 4 is 34.6 Å². The smallest absolute Gasteiger partial charge is 0.361 e. The van der Waals surface area contributed by atoms with Crippen LogP contribution in [0.2, 0.25) is 0 Å². The summed E-state index contributed by atoms with van der Waals surface area (Å²) in [6.07, 6.45) is 0.0196. The molecular formula is C25H33N3O7. The number of urea groups is 1. The van der Waals surface area contributed by atoms with Gasteiger partial charge >= 0.3 is 18.0 Å². The molecule has 0 saturated carbocycles. The maximum atomic E-state index is 13.2. The van der Waals surface area contributed by atoms with Gasteiger partial charge < -0.3 is 30.5 Å². The van der Waals surface area contributed by atoms with E-state index in [1.165, 1.54) is 6.92 Å². The molecule has 0 heterocycles. The monoisotopic (exact) mass is 487 g/mol. The van der Waals surface area contributed by atoms with Crippen LogP contribution in [0.4, 0.5) is 4.79 Å². The Morgan fingerprint density at radius 1 is 1.09 bits per heavy atom. The van der Waals surface area contributed by atoms with Gasteiger partial charge in [-0.2, -0.15) is 0 Å². The lowest BCUT2D eigenvalue weighted by molar-refractivity contribution is -0.172. The minimum absolute atomic E-state index is 0.0196. The summed E-state index contributed by atoms with van der Waals surface area (Å²) in [5.74, 6) is -3.16. The van der Waals surface area contributed by atoms with E-state index in [0.717, 1.165) is 28.2 Å². The Labute approximate surface area is 204 Å². The summed E-state index contributed by atoms with van der Waals surface area (Å²) in [6.45, 7) is 5.67. The van der Waals surface area contributed by atoms with Crippen molar-refractivity contribution in [2.75, 3.05) is 19.7 Å². The molecule has 3 amide bonds. The van der Waals surface area contributed by atoms with E-state index in [1.807, 2.05) is 50.2 Å². The lowest BCUT2D eigenvalue weighted by Crippen LogP contribution is -2.63. The molecule has 0 aromatic heterocycles. The van der Waals surface area contributed by atoms with E-state index in [1.54, 1.807) is 6.07 Å². The Balaban J connectivity index is 2.30. The van der Waals surface area contributed by atoms with Crippen molar-refractivity contribution in [1.29, 1.82) is 0 Å². The second kappa shape index (κ2) is 12.2. The molecule has 0 spiro atoms. The molecule has 10 heteroatoms. The van der Waals surface area contributed by atoms with Gasteiger partial charge in [0, 0.05) is 19.9 Å². The van der Waals surface area contributed by atoms with Crippen LogP contribution in [0.15, 0.2) is 42.5 Å². The fourth-order valence-corrected chi connectivity index (χ4v) is 3.76. The molecular weight excluding hydrogens is 454 g/mol. The quantitative estimate of drug-likeness (QED) is 0.280. The standard InChI is InChI=1S/C25H33N3O7/c1-5-35-23(32)25(34,27-17(4)29)15-28(14-16(2)3)24(33)26-21(22(30)31)13-19-11-8-10-18-9-6-7-12-20(18)19/h6-12,16,21,34H,5,13-15H2,1-4H3,(H,26,33)(H,27,29)(H,30,31)/t21-,25?/m0/s1. The molecule has 4 N–H and O–H groups in total. The van der Waals surface area contributed by atoms with Gasteiger partial charge in [-0.1, -0.05) is 56.3 Å². The lowest BCUT2D eigenvalue weighted by Gasteiger charge is -2.34. The number of esters is 1. The van der Waals surface area contributed by atoms with E-state index in [0.29, 0.717) is 0 Å². The fourth-order valence-electron chi connectivity index (χ4n) is 3.76. The van der Waals surface area contributed by atoms with Gasteiger partial charge in [-0.05, 0) is 29.2 Å². The van der Waals surface area contributed by atoms with E-state index in [9.17, 15) is 29.4 Å². The Hall–Kier alpha value is -3.66. The van der Waals surface area contributed by atoms with Crippen LogP contribution >= 0.6 is 0 Å². The van der Waals surface area contributed by atoms with E-state index in [-0.39, 0.29) is 25.5 Å². The molecule has 0 radical (unpaired) electrons. The number of carboxylic acids is 1. The Bertz CT molecular complexity index is 1070. The first-order valence-electron chi connectivity index (χ1n) is 11.4. The second-order valence-electron chi connectivity index (χ2n) is 8.72. The number of ether oxygens (including phenoxy) is 1. The largest absolute Gasteiger partial charge is 0.480 e. The number of hydrogen-bond acceptors (Lipinski definition) is 6. The normalized spacial score (nSPS) is 13.5. The number of carbonyl (C=O) groups is 4. The number of carbonyl (C=O) groups excluding carboxylic acids is 3. The third-order valence-electron chi connectivity index (χ3n) is 5.19. The van der Waals surface area contributed by atoms with Gasteiger partial charge in [-0.25, -0.2) is 14.4 Å². The van der Waals surface area contributed by atoms with Crippen LogP contribution < -0.4 is 10.6 Å². The molecule has 0 saturated heterocycles. The van der Waals surface area contributed by atoms with Gasteiger partial charge in [0.25, 0.3) is 5.72 Å². The van der Waals surface area contributed by atoms with Crippen molar-refractivity contribution in [1.82, 2.24) is 15.5 Å². The van der Waals surface area contributed by atoms with Gasteiger partial charge in [0.15, 0.2) is 0 Å². The molecule has 0 aliphatic heterocycles. The van der Waals surface area contributed by atoms with Crippen LogP contribution in [-0.2, 0) is 25.5 Å². The van der Waals surface area contributed by atoms with Gasteiger partial charge in [-0.3, -0.25) is 4.79 Å².